The van der Waals surface area contributed by atoms with Crippen LogP contribution in [0.25, 0.3) is 0 Å². The molecule has 1 aromatic heterocycles. The molecule has 0 bridgehead atoms. The lowest BCUT2D eigenvalue weighted by Crippen LogP contribution is -2.52. The van der Waals surface area contributed by atoms with E-state index in [4.69, 9.17) is 4.74 Å². The van der Waals surface area contributed by atoms with Gasteiger partial charge < -0.3 is 14.5 Å². The molecule has 3 aliphatic rings. The summed E-state index contributed by atoms with van der Waals surface area (Å²) in [6.45, 7) is 2.14. The van der Waals surface area contributed by atoms with Crippen LogP contribution in [0, 0.1) is 0 Å². The van der Waals surface area contributed by atoms with Gasteiger partial charge in [-0.25, -0.2) is 14.8 Å². The number of carbonyl (C=O) groups is 4. The number of aromatic nitrogens is 2. The maximum Gasteiger partial charge on any atom is 0.412 e. The number of rotatable bonds is 5. The van der Waals surface area contributed by atoms with E-state index in [1.165, 1.54) is 11.3 Å². The van der Waals surface area contributed by atoms with Gasteiger partial charge >= 0.3 is 6.09 Å². The summed E-state index contributed by atoms with van der Waals surface area (Å²) in [5.41, 5.74) is 2.34. The molecule has 11 nitrogen and oxygen atoms in total. The van der Waals surface area contributed by atoms with Gasteiger partial charge in [-0.3, -0.25) is 25.0 Å². The van der Waals surface area contributed by atoms with Crippen molar-refractivity contribution in [3.8, 4) is 0 Å². The topological polar surface area (TPSA) is 134 Å². The molecule has 0 saturated carbocycles. The fourth-order valence-corrected chi connectivity index (χ4v) is 4.64. The lowest BCUT2D eigenvalue weighted by molar-refractivity contribution is -0.136. The van der Waals surface area contributed by atoms with Crippen molar-refractivity contribution < 1.29 is 23.9 Å². The van der Waals surface area contributed by atoms with Crippen LogP contribution in [0.1, 0.15) is 53.6 Å². The van der Waals surface area contributed by atoms with Gasteiger partial charge in [0.05, 0.1) is 18.1 Å². The van der Waals surface area contributed by atoms with E-state index in [-0.39, 0.29) is 24.8 Å². The largest absolute Gasteiger partial charge is 0.444 e. The van der Waals surface area contributed by atoms with Crippen molar-refractivity contribution in [1.29, 1.82) is 0 Å². The second-order valence-corrected chi connectivity index (χ2v) is 8.91. The van der Waals surface area contributed by atoms with Crippen LogP contribution in [0.4, 0.5) is 16.4 Å². The van der Waals surface area contributed by atoms with Crippen LogP contribution in [0.15, 0.2) is 30.6 Å². The summed E-state index contributed by atoms with van der Waals surface area (Å²) >= 11 is 0. The van der Waals surface area contributed by atoms with Crippen molar-refractivity contribution in [3.05, 3.63) is 47.3 Å². The van der Waals surface area contributed by atoms with Gasteiger partial charge in [0.15, 0.2) is 0 Å². The Kier molecular flexibility index (Phi) is 6.30. The maximum atomic E-state index is 12.9. The fourth-order valence-electron chi connectivity index (χ4n) is 4.64. The molecular formula is C24H26N6O5. The van der Waals surface area contributed by atoms with E-state index in [1.807, 2.05) is 0 Å². The molecule has 5 rings (SSSR count). The van der Waals surface area contributed by atoms with Crippen molar-refractivity contribution in [3.63, 3.8) is 0 Å². The molecule has 0 radical (unpaired) electrons. The average molecular weight is 479 g/mol. The molecule has 2 fully saturated rings. The van der Waals surface area contributed by atoms with Crippen molar-refractivity contribution in [2.24, 2.45) is 0 Å². The normalized spacial score (nSPS) is 19.9. The number of hydrogen-bond donors (Lipinski definition) is 2. The molecule has 4 amide bonds. The molecule has 182 valence electrons. The third-order valence-corrected chi connectivity index (χ3v) is 6.49. The van der Waals surface area contributed by atoms with Gasteiger partial charge in [-0.15, -0.1) is 0 Å². The molecule has 35 heavy (non-hydrogen) atoms. The first kappa shape index (κ1) is 22.8. The highest BCUT2D eigenvalue weighted by molar-refractivity contribution is 6.05. The maximum absolute atomic E-state index is 12.9. The molecule has 11 heteroatoms. The lowest BCUT2D eigenvalue weighted by atomic mass is 10.0. The summed E-state index contributed by atoms with van der Waals surface area (Å²) < 4.78 is 5.30. The molecule has 0 spiro atoms. The molecular weight excluding hydrogens is 452 g/mol. The first-order chi connectivity index (χ1) is 17.0. The molecule has 1 atom stereocenters. The number of anilines is 2. The van der Waals surface area contributed by atoms with E-state index in [2.05, 4.69) is 25.5 Å². The van der Waals surface area contributed by atoms with Gasteiger partial charge in [0, 0.05) is 31.6 Å². The minimum absolute atomic E-state index is 0.0302. The van der Waals surface area contributed by atoms with Crippen molar-refractivity contribution in [1.82, 2.24) is 20.2 Å². The Labute approximate surface area is 201 Å². The molecule has 3 aliphatic heterocycles. The molecule has 1 unspecified atom stereocenters. The van der Waals surface area contributed by atoms with Crippen molar-refractivity contribution in [2.45, 2.75) is 51.3 Å². The summed E-state index contributed by atoms with van der Waals surface area (Å²) in [4.78, 5) is 61.0. The van der Waals surface area contributed by atoms with Crippen molar-refractivity contribution in [2.75, 3.05) is 23.3 Å². The molecule has 1 aromatic carbocycles. The quantitative estimate of drug-likeness (QED) is 0.623. The summed E-state index contributed by atoms with van der Waals surface area (Å²) in [6, 6.07) is 4.58. The molecule has 2 saturated heterocycles. The van der Waals surface area contributed by atoms with E-state index in [0.29, 0.717) is 35.7 Å². The summed E-state index contributed by atoms with van der Waals surface area (Å²) in [7, 11) is 0. The third kappa shape index (κ3) is 4.93. The van der Waals surface area contributed by atoms with Gasteiger partial charge in [-0.05, 0) is 42.9 Å². The van der Waals surface area contributed by atoms with E-state index in [1.54, 1.807) is 30.6 Å². The first-order valence-corrected chi connectivity index (χ1v) is 11.7. The number of piperidine rings is 2. The summed E-state index contributed by atoms with van der Waals surface area (Å²) in [6.07, 6.45) is 6.43. The lowest BCUT2D eigenvalue weighted by Gasteiger charge is -2.29. The Morgan fingerprint density at radius 3 is 2.63 bits per heavy atom. The number of fused-ring (bicyclic) bond motifs is 1. The number of nitrogens with zero attached hydrogens (tertiary/aromatic N) is 4. The number of nitrogens with one attached hydrogen (secondary N) is 2. The van der Waals surface area contributed by atoms with Crippen LogP contribution in [-0.2, 0) is 27.5 Å². The molecule has 0 aliphatic carbocycles. The van der Waals surface area contributed by atoms with E-state index in [0.717, 1.165) is 31.5 Å². The third-order valence-electron chi connectivity index (χ3n) is 6.49. The summed E-state index contributed by atoms with van der Waals surface area (Å²) in [5, 5.41) is 4.90. The van der Waals surface area contributed by atoms with Gasteiger partial charge in [0.25, 0.3) is 5.91 Å². The minimum Gasteiger partial charge on any atom is -0.444 e. The molecule has 2 N–H and O–H groups in total. The van der Waals surface area contributed by atoms with Crippen LogP contribution in [-0.4, -0.2) is 57.8 Å². The Morgan fingerprint density at radius 1 is 1.11 bits per heavy atom. The molecule has 2 aromatic rings. The zero-order chi connectivity index (χ0) is 24.4. The monoisotopic (exact) mass is 478 g/mol. The molecule has 4 heterocycles. The zero-order valence-electron chi connectivity index (χ0n) is 19.2. The minimum atomic E-state index is -0.665. The smallest absolute Gasteiger partial charge is 0.412 e. The number of amides is 4. The SMILES string of the molecule is O=C1CCC(N2Cc3ccc(COC(=O)Nc4cnc(N5CCCCC5)nc4)cc3C2=O)C(=O)N1. The Bertz CT molecular complexity index is 1160. The fraction of sp³-hybridized carbons (Fsp3) is 0.417. The predicted octanol–water partition coefficient (Wildman–Crippen LogP) is 1.98. The Morgan fingerprint density at radius 2 is 1.89 bits per heavy atom. The standard InChI is InChI=1S/C24H26N6O5/c31-20-7-6-19(21(32)28-20)30-13-16-5-4-15(10-18(16)22(30)33)14-35-24(34)27-17-11-25-23(26-12-17)29-8-2-1-3-9-29/h4-5,10-12,19H,1-3,6-9,13-14H2,(H,27,34)(H,28,31,32). The van der Waals surface area contributed by atoms with Crippen LogP contribution >= 0.6 is 0 Å². The Balaban J connectivity index is 1.15. The highest BCUT2D eigenvalue weighted by Crippen LogP contribution is 2.28. The van der Waals surface area contributed by atoms with Gasteiger partial charge in [-0.2, -0.15) is 0 Å². The van der Waals surface area contributed by atoms with Crippen molar-refractivity contribution >= 4 is 35.5 Å². The van der Waals surface area contributed by atoms with Crippen LogP contribution < -0.4 is 15.5 Å². The van der Waals surface area contributed by atoms with E-state index in [9.17, 15) is 19.2 Å². The van der Waals surface area contributed by atoms with Gasteiger partial charge in [-0.1, -0.05) is 12.1 Å². The number of benzene rings is 1. The summed E-state index contributed by atoms with van der Waals surface area (Å²) in [5.74, 6) is -0.391. The van der Waals surface area contributed by atoms with Gasteiger partial charge in [0.2, 0.25) is 17.8 Å². The van der Waals surface area contributed by atoms with Gasteiger partial charge in [0.1, 0.15) is 12.6 Å². The number of carbonyl (C=O) groups excluding carboxylic acids is 4. The highest BCUT2D eigenvalue weighted by Gasteiger charge is 2.39. The van der Waals surface area contributed by atoms with E-state index >= 15 is 0 Å². The van der Waals surface area contributed by atoms with Crippen LogP contribution in [0.3, 0.4) is 0 Å². The van der Waals surface area contributed by atoms with E-state index < -0.39 is 18.0 Å². The second-order valence-electron chi connectivity index (χ2n) is 8.91. The second kappa shape index (κ2) is 9.69. The zero-order valence-corrected chi connectivity index (χ0v) is 19.2. The van der Waals surface area contributed by atoms with Crippen LogP contribution in [0.5, 0.6) is 0 Å². The number of ether oxygens (including phenoxy) is 1. The number of hydrogen-bond acceptors (Lipinski definition) is 8. The number of imide groups is 1. The predicted molar refractivity (Wildman–Crippen MR) is 124 cm³/mol. The average Bonchev–Trinajstić information content (AvgIpc) is 3.19. The van der Waals surface area contributed by atoms with Crippen LogP contribution in [0.2, 0.25) is 0 Å². The Hall–Kier alpha value is -4.02. The first-order valence-electron chi connectivity index (χ1n) is 11.7. The highest BCUT2D eigenvalue weighted by atomic mass is 16.5.